The van der Waals surface area contributed by atoms with Crippen LogP contribution in [0.1, 0.15) is 48.8 Å². The molecule has 3 aliphatic carbocycles. The van der Waals surface area contributed by atoms with Crippen LogP contribution < -0.4 is 4.74 Å². The number of Topliss-reactive ketones (excluding diaryl/α,β-unsaturated/α-hetero) is 1. The number of benzene rings is 2. The third kappa shape index (κ3) is 2.90. The molecule has 2 saturated carbocycles. The Kier molecular flexibility index (Phi) is 5.24. The van der Waals surface area contributed by atoms with Crippen molar-refractivity contribution in [2.24, 2.45) is 5.92 Å². The summed E-state index contributed by atoms with van der Waals surface area (Å²) < 4.78 is 13.4. The largest absolute Gasteiger partial charge is 0.504 e. The highest BCUT2D eigenvalue weighted by Crippen LogP contribution is 2.66. The average molecular weight is 502 g/mol. The van der Waals surface area contributed by atoms with Crippen molar-refractivity contribution in [3.8, 4) is 11.5 Å². The Labute approximate surface area is 210 Å². The van der Waals surface area contributed by atoms with Gasteiger partial charge in [-0.1, -0.05) is 35.9 Å². The van der Waals surface area contributed by atoms with Gasteiger partial charge < -0.3 is 14.6 Å². The van der Waals surface area contributed by atoms with Gasteiger partial charge in [-0.15, -0.1) is 12.4 Å². The van der Waals surface area contributed by atoms with E-state index in [1.165, 1.54) is 18.4 Å². The predicted octanol–water partition coefficient (Wildman–Crippen LogP) is 4.83. The maximum atomic E-state index is 13.3. The molecule has 2 heterocycles. The van der Waals surface area contributed by atoms with Crippen molar-refractivity contribution < 1.29 is 19.4 Å². The van der Waals surface area contributed by atoms with E-state index in [1.54, 1.807) is 6.07 Å². The second-order valence-electron chi connectivity index (χ2n) is 10.6. The van der Waals surface area contributed by atoms with Crippen molar-refractivity contribution in [2.75, 3.05) is 13.1 Å². The molecule has 180 valence electrons. The first-order chi connectivity index (χ1) is 16.0. The highest BCUT2D eigenvalue weighted by atomic mass is 35.5. The Bertz CT molecular complexity index is 1170. The number of phenols is 1. The first kappa shape index (κ1) is 22.7. The Morgan fingerprint density at radius 2 is 2.00 bits per heavy atom. The summed E-state index contributed by atoms with van der Waals surface area (Å²) in [5.74, 6) is 1.54. The van der Waals surface area contributed by atoms with Crippen molar-refractivity contribution >= 4 is 29.8 Å². The van der Waals surface area contributed by atoms with Crippen LogP contribution in [0.15, 0.2) is 36.4 Å². The van der Waals surface area contributed by atoms with E-state index in [0.29, 0.717) is 30.2 Å². The van der Waals surface area contributed by atoms with Gasteiger partial charge in [-0.25, -0.2) is 0 Å². The lowest BCUT2D eigenvalue weighted by atomic mass is 9.48. The molecule has 2 bridgehead atoms. The second kappa shape index (κ2) is 7.86. The van der Waals surface area contributed by atoms with Crippen molar-refractivity contribution in [1.82, 2.24) is 4.90 Å². The van der Waals surface area contributed by atoms with Crippen LogP contribution in [0.4, 0.5) is 0 Å². The maximum Gasteiger partial charge on any atom is 0.174 e. The minimum Gasteiger partial charge on any atom is -0.504 e. The molecule has 1 N–H and O–H groups in total. The SMILES string of the molecule is Cl.O=C1CC[C@@]2(OCc3ccccc3Cl)[C@H]3Cc4ccc(O)c5c4[C@@]2(CCN3CC2CC2)[C@H]1O5. The van der Waals surface area contributed by atoms with Gasteiger partial charge in [0, 0.05) is 29.6 Å². The van der Waals surface area contributed by atoms with Crippen molar-refractivity contribution in [1.29, 1.82) is 0 Å². The molecule has 0 radical (unpaired) electrons. The summed E-state index contributed by atoms with van der Waals surface area (Å²) in [5, 5.41) is 11.4. The number of ether oxygens (including phenoxy) is 2. The number of ketones is 1. The number of phenolic OH excluding ortho intramolecular Hbond substituents is 1. The maximum absolute atomic E-state index is 13.3. The van der Waals surface area contributed by atoms with E-state index in [2.05, 4.69) is 4.90 Å². The normalized spacial score (nSPS) is 33.1. The predicted molar refractivity (Wildman–Crippen MR) is 131 cm³/mol. The Morgan fingerprint density at radius 1 is 1.18 bits per heavy atom. The average Bonchev–Trinajstić information content (AvgIpc) is 3.55. The Hall–Kier alpha value is -1.79. The van der Waals surface area contributed by atoms with E-state index in [-0.39, 0.29) is 30.0 Å². The van der Waals surface area contributed by atoms with Gasteiger partial charge >= 0.3 is 0 Å². The molecule has 0 unspecified atom stereocenters. The van der Waals surface area contributed by atoms with Crippen LogP contribution in [0.5, 0.6) is 11.5 Å². The number of hydrogen-bond donors (Lipinski definition) is 1. The molecule has 1 saturated heterocycles. The van der Waals surface area contributed by atoms with E-state index in [9.17, 15) is 9.90 Å². The lowest BCUT2D eigenvalue weighted by Gasteiger charge is -2.64. The van der Waals surface area contributed by atoms with E-state index in [4.69, 9.17) is 21.1 Å². The fraction of sp³-hybridized carbons (Fsp3) is 0.519. The molecule has 7 rings (SSSR count). The highest BCUT2D eigenvalue weighted by molar-refractivity contribution is 6.31. The van der Waals surface area contributed by atoms with Gasteiger partial charge in [0.1, 0.15) is 0 Å². The summed E-state index contributed by atoms with van der Waals surface area (Å²) in [4.78, 5) is 15.9. The molecule has 2 aliphatic heterocycles. The number of halogens is 2. The van der Waals surface area contributed by atoms with Crippen molar-refractivity contribution in [3.05, 3.63) is 58.1 Å². The summed E-state index contributed by atoms with van der Waals surface area (Å²) in [7, 11) is 0. The van der Waals surface area contributed by atoms with E-state index in [1.807, 2.05) is 30.3 Å². The van der Waals surface area contributed by atoms with Crippen LogP contribution in [-0.4, -0.2) is 46.6 Å². The van der Waals surface area contributed by atoms with Gasteiger partial charge in [-0.2, -0.15) is 0 Å². The fourth-order valence-electron chi connectivity index (χ4n) is 7.35. The molecule has 0 amide bonds. The zero-order chi connectivity index (χ0) is 22.4. The van der Waals surface area contributed by atoms with Crippen LogP contribution in [0, 0.1) is 5.92 Å². The van der Waals surface area contributed by atoms with Crippen molar-refractivity contribution in [2.45, 2.75) is 68.3 Å². The lowest BCUT2D eigenvalue weighted by molar-refractivity contribution is -0.218. The molecule has 4 atom stereocenters. The quantitative estimate of drug-likeness (QED) is 0.635. The van der Waals surface area contributed by atoms with Crippen molar-refractivity contribution in [3.63, 3.8) is 0 Å². The van der Waals surface area contributed by atoms with Crippen LogP contribution in [-0.2, 0) is 28.0 Å². The minimum absolute atomic E-state index is 0. The molecule has 5 nitrogen and oxygen atoms in total. The summed E-state index contributed by atoms with van der Waals surface area (Å²) in [6.45, 7) is 2.43. The number of carbonyl (C=O) groups is 1. The summed E-state index contributed by atoms with van der Waals surface area (Å²) in [6.07, 6.45) is 4.79. The number of hydrogen-bond acceptors (Lipinski definition) is 5. The molecule has 7 heteroatoms. The van der Waals surface area contributed by atoms with Gasteiger partial charge in [-0.05, 0) is 67.8 Å². The molecular formula is C27H29Cl2NO4. The van der Waals surface area contributed by atoms with E-state index >= 15 is 0 Å². The van der Waals surface area contributed by atoms with Gasteiger partial charge in [0.15, 0.2) is 23.4 Å². The minimum atomic E-state index is -0.592. The molecule has 3 fully saturated rings. The lowest BCUT2D eigenvalue weighted by Crippen LogP contribution is -2.77. The molecule has 2 aromatic carbocycles. The second-order valence-corrected chi connectivity index (χ2v) is 11.0. The van der Waals surface area contributed by atoms with Gasteiger partial charge in [0.05, 0.1) is 17.6 Å². The highest BCUT2D eigenvalue weighted by Gasteiger charge is 2.74. The standard InChI is InChI=1S/C27H28ClNO4.ClH/c28-19-4-2-1-3-18(19)15-32-27-10-9-21(31)25-26(27)11-12-29(14-16-5-6-16)22(27)13-17-7-8-20(30)24(33-25)23(17)26;/h1-4,7-8,16,22,25,30H,5-6,9-15H2;1H/t22-,25+,26+,27-;/m1./s1. The third-order valence-corrected chi connectivity index (χ3v) is 9.33. The Morgan fingerprint density at radius 3 is 2.79 bits per heavy atom. The number of carbonyl (C=O) groups excluding carboxylic acids is 1. The number of nitrogens with zero attached hydrogens (tertiary/aromatic N) is 1. The molecule has 5 aliphatic rings. The first-order valence-electron chi connectivity index (χ1n) is 12.2. The summed E-state index contributed by atoms with van der Waals surface area (Å²) in [6, 6.07) is 11.8. The molecular weight excluding hydrogens is 473 g/mol. The van der Waals surface area contributed by atoms with Gasteiger partial charge in [0.25, 0.3) is 0 Å². The number of likely N-dealkylation sites (tertiary alicyclic amines) is 1. The van der Waals surface area contributed by atoms with Gasteiger partial charge in [0.2, 0.25) is 0 Å². The zero-order valence-corrected chi connectivity index (χ0v) is 20.5. The number of aromatic hydroxyl groups is 1. The van der Waals surface area contributed by atoms with E-state index in [0.717, 1.165) is 43.0 Å². The number of rotatable bonds is 5. The third-order valence-electron chi connectivity index (χ3n) is 8.96. The molecule has 2 aromatic rings. The summed E-state index contributed by atoms with van der Waals surface area (Å²) in [5.41, 5.74) is 2.08. The van der Waals surface area contributed by atoms with Gasteiger partial charge in [-0.3, -0.25) is 9.69 Å². The zero-order valence-electron chi connectivity index (χ0n) is 19.0. The van der Waals surface area contributed by atoms with Crippen LogP contribution in [0.3, 0.4) is 0 Å². The van der Waals surface area contributed by atoms with Crippen LogP contribution >= 0.6 is 24.0 Å². The van der Waals surface area contributed by atoms with Crippen LogP contribution in [0.2, 0.25) is 5.02 Å². The summed E-state index contributed by atoms with van der Waals surface area (Å²) >= 11 is 6.50. The van der Waals surface area contributed by atoms with Crippen LogP contribution in [0.25, 0.3) is 0 Å². The monoisotopic (exact) mass is 501 g/mol. The molecule has 34 heavy (non-hydrogen) atoms. The smallest absolute Gasteiger partial charge is 0.174 e. The Balaban J connectivity index is 0.00000217. The van der Waals surface area contributed by atoms with E-state index < -0.39 is 17.1 Å². The fourth-order valence-corrected chi connectivity index (χ4v) is 7.54. The molecule has 1 spiro atoms. The topological polar surface area (TPSA) is 59.0 Å². The number of piperidine rings is 1. The molecule has 0 aromatic heterocycles. The first-order valence-corrected chi connectivity index (χ1v) is 12.6.